The van der Waals surface area contributed by atoms with Crippen molar-refractivity contribution in [2.75, 3.05) is 0 Å². The van der Waals surface area contributed by atoms with Crippen LogP contribution in [0.25, 0.3) is 16.6 Å². The maximum absolute atomic E-state index is 14.4. The van der Waals surface area contributed by atoms with Crippen LogP contribution in [0, 0.1) is 24.6 Å². The van der Waals surface area contributed by atoms with Crippen molar-refractivity contribution < 1.29 is 19.1 Å². The number of para-hydroxylation sites is 1. The van der Waals surface area contributed by atoms with Crippen molar-refractivity contribution in [2.24, 2.45) is 11.8 Å². The number of aryl methyl sites for hydroxylation is 1. The number of fused-ring (bicyclic) bond motifs is 1. The van der Waals surface area contributed by atoms with Crippen LogP contribution in [0.4, 0.5) is 4.39 Å². The Bertz CT molecular complexity index is 1130. The SMILES string of the molecule is Cc1nn(-c2ccc(C(=O)NC3CCC([C@@H](C)CC(=O)O)CC3)cc2)c2c(F)cccc12. The molecule has 1 amide bonds. The fraction of sp³-hybridized carbons (Fsp3) is 0.400. The number of rotatable bonds is 6. The third kappa shape index (κ3) is 4.52. The van der Waals surface area contributed by atoms with E-state index < -0.39 is 5.97 Å². The lowest BCUT2D eigenvalue weighted by molar-refractivity contribution is -0.138. The predicted octanol–water partition coefficient (Wildman–Crippen LogP) is 4.87. The molecule has 2 aromatic carbocycles. The van der Waals surface area contributed by atoms with E-state index in [1.165, 1.54) is 6.07 Å². The molecule has 0 saturated heterocycles. The van der Waals surface area contributed by atoms with Crippen LogP contribution in [-0.4, -0.2) is 32.8 Å². The van der Waals surface area contributed by atoms with E-state index in [1.807, 2.05) is 19.9 Å². The zero-order valence-corrected chi connectivity index (χ0v) is 18.3. The number of hydrogen-bond donors (Lipinski definition) is 2. The molecule has 1 heterocycles. The van der Waals surface area contributed by atoms with E-state index in [2.05, 4.69) is 10.4 Å². The van der Waals surface area contributed by atoms with Gasteiger partial charge in [-0.3, -0.25) is 9.59 Å². The van der Waals surface area contributed by atoms with E-state index in [-0.39, 0.29) is 30.1 Å². The van der Waals surface area contributed by atoms with Crippen molar-refractivity contribution in [1.29, 1.82) is 0 Å². The van der Waals surface area contributed by atoms with Gasteiger partial charge in [0.25, 0.3) is 5.91 Å². The summed E-state index contributed by atoms with van der Waals surface area (Å²) in [6.45, 7) is 3.84. The lowest BCUT2D eigenvalue weighted by Gasteiger charge is -2.32. The third-order valence-electron chi connectivity index (χ3n) is 6.62. The fourth-order valence-electron chi connectivity index (χ4n) is 4.76. The van der Waals surface area contributed by atoms with Gasteiger partial charge in [0.05, 0.1) is 11.4 Å². The van der Waals surface area contributed by atoms with E-state index in [1.54, 1.807) is 35.0 Å². The first-order valence-electron chi connectivity index (χ1n) is 11.1. The Balaban J connectivity index is 1.40. The minimum absolute atomic E-state index is 0.0993. The van der Waals surface area contributed by atoms with Gasteiger partial charge in [-0.15, -0.1) is 0 Å². The van der Waals surface area contributed by atoms with Gasteiger partial charge in [0, 0.05) is 23.4 Å². The number of aromatic nitrogens is 2. The van der Waals surface area contributed by atoms with Crippen LogP contribution in [-0.2, 0) is 4.79 Å². The van der Waals surface area contributed by atoms with Gasteiger partial charge < -0.3 is 10.4 Å². The summed E-state index contributed by atoms with van der Waals surface area (Å²) in [4.78, 5) is 23.7. The Labute approximate surface area is 186 Å². The summed E-state index contributed by atoms with van der Waals surface area (Å²) >= 11 is 0. The first-order valence-corrected chi connectivity index (χ1v) is 11.1. The molecule has 1 aromatic heterocycles. The standard InChI is InChI=1S/C25H28FN3O3/c1-15(14-23(30)31)17-6-10-19(11-7-17)27-25(32)18-8-12-20(13-9-18)29-24-21(16(2)28-29)4-3-5-22(24)26/h3-5,8-9,12-13,15,17,19H,6-7,10-11,14H2,1-2H3,(H,27,32)(H,30,31)/t15-,17?,19?/m0/s1. The lowest BCUT2D eigenvalue weighted by atomic mass is 9.77. The molecule has 1 fully saturated rings. The Morgan fingerprint density at radius 1 is 1.16 bits per heavy atom. The molecule has 0 unspecified atom stereocenters. The highest BCUT2D eigenvalue weighted by Crippen LogP contribution is 2.32. The molecule has 1 aliphatic rings. The van der Waals surface area contributed by atoms with Gasteiger partial charge in [-0.2, -0.15) is 5.10 Å². The van der Waals surface area contributed by atoms with Crippen molar-refractivity contribution in [3.8, 4) is 5.69 Å². The molecule has 0 aliphatic heterocycles. The molecule has 4 rings (SSSR count). The van der Waals surface area contributed by atoms with Crippen molar-refractivity contribution in [3.05, 3.63) is 59.5 Å². The molecule has 168 valence electrons. The van der Waals surface area contributed by atoms with Crippen molar-refractivity contribution in [2.45, 2.75) is 52.0 Å². The average molecular weight is 438 g/mol. The van der Waals surface area contributed by atoms with Crippen LogP contribution in [0.3, 0.4) is 0 Å². The van der Waals surface area contributed by atoms with Crippen molar-refractivity contribution in [1.82, 2.24) is 15.1 Å². The summed E-state index contributed by atoms with van der Waals surface area (Å²) < 4.78 is 16.0. The van der Waals surface area contributed by atoms with Gasteiger partial charge >= 0.3 is 5.97 Å². The topological polar surface area (TPSA) is 84.2 Å². The minimum atomic E-state index is -0.752. The number of halogens is 1. The monoisotopic (exact) mass is 437 g/mol. The third-order valence-corrected chi connectivity index (χ3v) is 6.62. The van der Waals surface area contributed by atoms with Gasteiger partial charge in [0.1, 0.15) is 11.3 Å². The molecule has 1 aliphatic carbocycles. The molecule has 0 bridgehead atoms. The molecular weight excluding hydrogens is 409 g/mol. The zero-order valence-electron chi connectivity index (χ0n) is 18.3. The summed E-state index contributed by atoms with van der Waals surface area (Å²) in [6, 6.07) is 12.0. The summed E-state index contributed by atoms with van der Waals surface area (Å²) in [5.41, 5.74) is 2.41. The molecule has 3 aromatic rings. The molecular formula is C25H28FN3O3. The van der Waals surface area contributed by atoms with Gasteiger partial charge in [-0.1, -0.05) is 19.1 Å². The Hall–Kier alpha value is -3.22. The van der Waals surface area contributed by atoms with Crippen LogP contribution in [0.2, 0.25) is 0 Å². The van der Waals surface area contributed by atoms with E-state index in [0.717, 1.165) is 36.8 Å². The molecule has 32 heavy (non-hydrogen) atoms. The number of nitrogens with one attached hydrogen (secondary N) is 1. The molecule has 1 saturated carbocycles. The second-order valence-electron chi connectivity index (χ2n) is 8.84. The summed E-state index contributed by atoms with van der Waals surface area (Å²) in [5, 5.41) is 17.3. The number of benzene rings is 2. The van der Waals surface area contributed by atoms with Crippen molar-refractivity contribution in [3.63, 3.8) is 0 Å². The van der Waals surface area contributed by atoms with Crippen LogP contribution in [0.15, 0.2) is 42.5 Å². The minimum Gasteiger partial charge on any atom is -0.481 e. The lowest BCUT2D eigenvalue weighted by Crippen LogP contribution is -2.38. The molecule has 2 N–H and O–H groups in total. The van der Waals surface area contributed by atoms with E-state index in [4.69, 9.17) is 5.11 Å². The molecule has 7 heteroatoms. The number of carbonyl (C=O) groups excluding carboxylic acids is 1. The predicted molar refractivity (Wildman–Crippen MR) is 120 cm³/mol. The van der Waals surface area contributed by atoms with Gasteiger partial charge in [-0.05, 0) is 74.8 Å². The second kappa shape index (κ2) is 9.10. The van der Waals surface area contributed by atoms with Crippen LogP contribution < -0.4 is 5.32 Å². The van der Waals surface area contributed by atoms with Crippen LogP contribution >= 0.6 is 0 Å². The zero-order chi connectivity index (χ0) is 22.8. The number of carboxylic acids is 1. The smallest absolute Gasteiger partial charge is 0.303 e. The number of carbonyl (C=O) groups is 2. The summed E-state index contributed by atoms with van der Waals surface area (Å²) in [6.07, 6.45) is 3.76. The molecule has 0 spiro atoms. The molecule has 1 atom stereocenters. The highest BCUT2D eigenvalue weighted by atomic mass is 19.1. The van der Waals surface area contributed by atoms with Crippen LogP contribution in [0.1, 0.15) is 55.1 Å². The Kier molecular flexibility index (Phi) is 6.26. The fourth-order valence-corrected chi connectivity index (χ4v) is 4.76. The van der Waals surface area contributed by atoms with Crippen molar-refractivity contribution >= 4 is 22.8 Å². The number of nitrogens with zero attached hydrogens (tertiary/aromatic N) is 2. The molecule has 0 radical (unpaired) electrons. The Morgan fingerprint density at radius 3 is 2.50 bits per heavy atom. The summed E-state index contributed by atoms with van der Waals surface area (Å²) in [7, 11) is 0. The quantitative estimate of drug-likeness (QED) is 0.576. The number of amides is 1. The van der Waals surface area contributed by atoms with E-state index in [9.17, 15) is 14.0 Å². The highest BCUT2D eigenvalue weighted by Gasteiger charge is 2.27. The first-order chi connectivity index (χ1) is 15.3. The summed E-state index contributed by atoms with van der Waals surface area (Å²) in [5.74, 6) is -0.670. The van der Waals surface area contributed by atoms with Crippen LogP contribution in [0.5, 0.6) is 0 Å². The second-order valence-corrected chi connectivity index (χ2v) is 8.84. The molecule has 6 nitrogen and oxygen atoms in total. The number of aliphatic carboxylic acids is 1. The van der Waals surface area contributed by atoms with E-state index in [0.29, 0.717) is 22.7 Å². The maximum atomic E-state index is 14.4. The number of carboxylic acid groups (broad SMARTS) is 1. The largest absolute Gasteiger partial charge is 0.481 e. The highest BCUT2D eigenvalue weighted by molar-refractivity contribution is 5.94. The number of hydrogen-bond acceptors (Lipinski definition) is 3. The average Bonchev–Trinajstić information content (AvgIpc) is 3.12. The van der Waals surface area contributed by atoms with Gasteiger partial charge in [0.2, 0.25) is 0 Å². The van der Waals surface area contributed by atoms with Gasteiger partial charge in [0.15, 0.2) is 0 Å². The maximum Gasteiger partial charge on any atom is 0.303 e. The first kappa shape index (κ1) is 22.0. The Morgan fingerprint density at radius 2 is 1.84 bits per heavy atom. The van der Waals surface area contributed by atoms with Gasteiger partial charge in [-0.25, -0.2) is 9.07 Å². The normalized spacial score (nSPS) is 19.6. The van der Waals surface area contributed by atoms with E-state index >= 15 is 0 Å².